The SMILES string of the molecule is O=C(O)Cc1cc(Br)ccc1NC(=O)OCC1c2ccccc2-c2ccccc21. The number of nitrogens with one attached hydrogen (secondary N) is 1. The van der Waals surface area contributed by atoms with E-state index < -0.39 is 12.1 Å². The molecule has 0 aliphatic heterocycles. The van der Waals surface area contributed by atoms with Crippen LogP contribution < -0.4 is 5.32 Å². The van der Waals surface area contributed by atoms with E-state index in [0.29, 0.717) is 11.3 Å². The van der Waals surface area contributed by atoms with Crippen LogP contribution in [-0.2, 0) is 16.0 Å². The van der Waals surface area contributed by atoms with Crippen LogP contribution in [0.25, 0.3) is 11.1 Å². The van der Waals surface area contributed by atoms with Crippen LogP contribution in [0.3, 0.4) is 0 Å². The second-order valence-electron chi connectivity index (χ2n) is 6.82. The number of halogens is 1. The summed E-state index contributed by atoms with van der Waals surface area (Å²) in [6.07, 6.45) is -0.806. The van der Waals surface area contributed by atoms with Gasteiger partial charge in [0.25, 0.3) is 0 Å². The normalized spacial score (nSPS) is 12.2. The first-order valence-electron chi connectivity index (χ1n) is 9.15. The van der Waals surface area contributed by atoms with Gasteiger partial charge < -0.3 is 9.84 Å². The molecular weight excluding hydrogens is 434 g/mol. The Kier molecular flexibility index (Phi) is 5.36. The fraction of sp³-hybridized carbons (Fsp3) is 0.130. The Morgan fingerprint density at radius 3 is 2.21 bits per heavy atom. The molecule has 0 saturated heterocycles. The fourth-order valence-electron chi connectivity index (χ4n) is 3.74. The fourth-order valence-corrected chi connectivity index (χ4v) is 4.15. The summed E-state index contributed by atoms with van der Waals surface area (Å²) in [6, 6.07) is 21.3. The molecular formula is C23H18BrNO4. The van der Waals surface area contributed by atoms with Gasteiger partial charge in [0, 0.05) is 16.1 Å². The summed E-state index contributed by atoms with van der Waals surface area (Å²) in [6.45, 7) is 0.199. The number of anilines is 1. The predicted octanol–water partition coefficient (Wildman–Crippen LogP) is 5.44. The molecule has 29 heavy (non-hydrogen) atoms. The summed E-state index contributed by atoms with van der Waals surface area (Å²) in [5, 5.41) is 11.8. The van der Waals surface area contributed by atoms with Crippen molar-refractivity contribution in [3.05, 3.63) is 87.9 Å². The molecule has 3 aromatic rings. The van der Waals surface area contributed by atoms with Crippen molar-refractivity contribution in [1.82, 2.24) is 0 Å². The highest BCUT2D eigenvalue weighted by molar-refractivity contribution is 9.10. The number of fused-ring (bicyclic) bond motifs is 3. The number of hydrogen-bond acceptors (Lipinski definition) is 3. The Bertz CT molecular complexity index is 1050. The van der Waals surface area contributed by atoms with E-state index in [1.54, 1.807) is 18.2 Å². The number of carbonyl (C=O) groups is 2. The number of carboxylic acids is 1. The lowest BCUT2D eigenvalue weighted by atomic mass is 9.98. The minimum Gasteiger partial charge on any atom is -0.481 e. The van der Waals surface area contributed by atoms with Crippen molar-refractivity contribution in [2.45, 2.75) is 12.3 Å². The molecule has 0 unspecified atom stereocenters. The Morgan fingerprint density at radius 2 is 1.59 bits per heavy atom. The summed E-state index contributed by atoms with van der Waals surface area (Å²) >= 11 is 3.32. The van der Waals surface area contributed by atoms with Crippen LogP contribution in [0.4, 0.5) is 10.5 Å². The Labute approximate surface area is 176 Å². The van der Waals surface area contributed by atoms with Crippen LogP contribution in [0, 0.1) is 0 Å². The van der Waals surface area contributed by atoms with E-state index in [2.05, 4.69) is 45.5 Å². The summed E-state index contributed by atoms with van der Waals surface area (Å²) in [7, 11) is 0. The number of benzene rings is 3. The van der Waals surface area contributed by atoms with Crippen molar-refractivity contribution in [3.8, 4) is 11.1 Å². The van der Waals surface area contributed by atoms with Crippen molar-refractivity contribution in [2.75, 3.05) is 11.9 Å². The van der Waals surface area contributed by atoms with Gasteiger partial charge in [0.15, 0.2) is 0 Å². The number of aliphatic carboxylic acids is 1. The molecule has 0 atom stereocenters. The first-order chi connectivity index (χ1) is 14.0. The van der Waals surface area contributed by atoms with E-state index in [1.165, 1.54) is 0 Å². The minimum absolute atomic E-state index is 0.0310. The number of carbonyl (C=O) groups excluding carboxylic acids is 1. The van der Waals surface area contributed by atoms with Crippen LogP contribution >= 0.6 is 15.9 Å². The monoisotopic (exact) mass is 451 g/mol. The molecule has 0 fully saturated rings. The molecule has 0 spiro atoms. The Balaban J connectivity index is 1.49. The molecule has 6 heteroatoms. The molecule has 146 valence electrons. The third-order valence-corrected chi connectivity index (χ3v) is 5.48. The first-order valence-corrected chi connectivity index (χ1v) is 9.94. The molecule has 3 aromatic carbocycles. The highest BCUT2D eigenvalue weighted by atomic mass is 79.9. The highest BCUT2D eigenvalue weighted by Gasteiger charge is 2.29. The second-order valence-corrected chi connectivity index (χ2v) is 7.74. The van der Waals surface area contributed by atoms with Crippen molar-refractivity contribution in [2.24, 2.45) is 0 Å². The highest BCUT2D eigenvalue weighted by Crippen LogP contribution is 2.44. The maximum absolute atomic E-state index is 12.4. The number of amides is 1. The van der Waals surface area contributed by atoms with E-state index in [9.17, 15) is 9.59 Å². The van der Waals surface area contributed by atoms with Gasteiger partial charge in [-0.25, -0.2) is 4.79 Å². The van der Waals surface area contributed by atoms with Crippen molar-refractivity contribution in [3.63, 3.8) is 0 Å². The summed E-state index contributed by atoms with van der Waals surface area (Å²) in [4.78, 5) is 23.5. The number of carboxylic acid groups (broad SMARTS) is 1. The van der Waals surface area contributed by atoms with Gasteiger partial charge in [-0.15, -0.1) is 0 Å². The van der Waals surface area contributed by atoms with Gasteiger partial charge in [0.2, 0.25) is 0 Å². The van der Waals surface area contributed by atoms with Crippen molar-refractivity contribution >= 4 is 33.7 Å². The van der Waals surface area contributed by atoms with Crippen LogP contribution in [0.2, 0.25) is 0 Å². The number of ether oxygens (including phenoxy) is 1. The van der Waals surface area contributed by atoms with Gasteiger partial charge in [0.1, 0.15) is 6.61 Å². The van der Waals surface area contributed by atoms with Gasteiger partial charge >= 0.3 is 12.1 Å². The third kappa shape index (κ3) is 4.03. The number of rotatable bonds is 5. The molecule has 0 heterocycles. The molecule has 2 N–H and O–H groups in total. The lowest BCUT2D eigenvalue weighted by molar-refractivity contribution is -0.136. The van der Waals surface area contributed by atoms with Crippen LogP contribution in [0.5, 0.6) is 0 Å². The zero-order chi connectivity index (χ0) is 20.4. The lowest BCUT2D eigenvalue weighted by Crippen LogP contribution is -2.19. The molecule has 1 amide bonds. The molecule has 5 nitrogen and oxygen atoms in total. The smallest absolute Gasteiger partial charge is 0.411 e. The van der Waals surface area contributed by atoms with Crippen LogP contribution in [0.15, 0.2) is 71.2 Å². The summed E-state index contributed by atoms with van der Waals surface area (Å²) in [5.41, 5.74) is 5.52. The first kappa shape index (κ1) is 19.2. The van der Waals surface area contributed by atoms with E-state index >= 15 is 0 Å². The third-order valence-electron chi connectivity index (χ3n) is 4.99. The van der Waals surface area contributed by atoms with Gasteiger partial charge in [-0.2, -0.15) is 0 Å². The molecule has 1 aliphatic rings. The summed E-state index contributed by atoms with van der Waals surface area (Å²) < 4.78 is 6.27. The zero-order valence-electron chi connectivity index (χ0n) is 15.4. The molecule has 1 aliphatic carbocycles. The molecule has 0 saturated carbocycles. The number of hydrogen-bond donors (Lipinski definition) is 2. The zero-order valence-corrected chi connectivity index (χ0v) is 17.0. The van der Waals surface area contributed by atoms with E-state index in [0.717, 1.165) is 26.7 Å². The van der Waals surface area contributed by atoms with Crippen molar-refractivity contribution in [1.29, 1.82) is 0 Å². The van der Waals surface area contributed by atoms with Gasteiger partial charge in [0.05, 0.1) is 6.42 Å². The van der Waals surface area contributed by atoms with E-state index in [1.807, 2.05) is 24.3 Å². The molecule has 4 rings (SSSR count). The van der Waals surface area contributed by atoms with E-state index in [-0.39, 0.29) is 18.9 Å². The van der Waals surface area contributed by atoms with Crippen LogP contribution in [-0.4, -0.2) is 23.8 Å². The molecule has 0 aromatic heterocycles. The maximum Gasteiger partial charge on any atom is 0.411 e. The molecule has 0 bridgehead atoms. The average molecular weight is 452 g/mol. The maximum atomic E-state index is 12.4. The summed E-state index contributed by atoms with van der Waals surface area (Å²) in [5.74, 6) is -1.00. The van der Waals surface area contributed by atoms with E-state index in [4.69, 9.17) is 9.84 Å². The van der Waals surface area contributed by atoms with Crippen molar-refractivity contribution < 1.29 is 19.4 Å². The minimum atomic E-state index is -0.973. The topological polar surface area (TPSA) is 75.6 Å². The quantitative estimate of drug-likeness (QED) is 0.541. The Hall–Kier alpha value is -3.12. The second kappa shape index (κ2) is 8.09. The average Bonchev–Trinajstić information content (AvgIpc) is 3.02. The predicted molar refractivity (Wildman–Crippen MR) is 114 cm³/mol. The molecule has 0 radical (unpaired) electrons. The Morgan fingerprint density at radius 1 is 0.966 bits per heavy atom. The van der Waals surface area contributed by atoms with Gasteiger partial charge in [-0.3, -0.25) is 10.1 Å². The lowest BCUT2D eigenvalue weighted by Gasteiger charge is -2.15. The van der Waals surface area contributed by atoms with Gasteiger partial charge in [-0.1, -0.05) is 64.5 Å². The van der Waals surface area contributed by atoms with Gasteiger partial charge in [-0.05, 0) is 46.0 Å². The largest absolute Gasteiger partial charge is 0.481 e. The standard InChI is InChI=1S/C23H18BrNO4/c24-15-9-10-21(14(11-15)12-22(26)27)25-23(28)29-13-20-18-7-3-1-5-16(18)17-6-2-4-8-19(17)20/h1-11,20H,12-13H2,(H,25,28)(H,26,27). The van der Waals surface area contributed by atoms with Crippen LogP contribution in [0.1, 0.15) is 22.6 Å².